The van der Waals surface area contributed by atoms with Crippen molar-refractivity contribution in [3.8, 4) is 11.3 Å². The Morgan fingerprint density at radius 3 is 2.57 bits per heavy atom. The Labute approximate surface area is 132 Å². The number of nitrogens with zero attached hydrogens (tertiary/aromatic N) is 2. The highest BCUT2D eigenvalue weighted by atomic mass is 35.5. The molecule has 110 valence electrons. The van der Waals surface area contributed by atoms with Crippen molar-refractivity contribution in [1.82, 2.24) is 4.98 Å². The molecule has 2 aromatic rings. The van der Waals surface area contributed by atoms with Crippen molar-refractivity contribution in [2.75, 3.05) is 18.0 Å². The number of aliphatic carboxylic acids is 1. The Hall–Kier alpha value is -1.59. The third-order valence-corrected chi connectivity index (χ3v) is 4.90. The number of halogens is 1. The van der Waals surface area contributed by atoms with Crippen LogP contribution in [0.25, 0.3) is 11.3 Å². The zero-order valence-electron chi connectivity index (χ0n) is 11.3. The third kappa shape index (κ3) is 3.19. The lowest BCUT2D eigenvalue weighted by molar-refractivity contribution is -0.142. The fraction of sp³-hybridized carbons (Fsp3) is 0.333. The van der Waals surface area contributed by atoms with E-state index in [2.05, 4.69) is 9.88 Å². The smallest absolute Gasteiger partial charge is 0.306 e. The van der Waals surface area contributed by atoms with E-state index >= 15 is 0 Å². The van der Waals surface area contributed by atoms with E-state index in [0.29, 0.717) is 17.9 Å². The zero-order valence-corrected chi connectivity index (χ0v) is 12.9. The van der Waals surface area contributed by atoms with Gasteiger partial charge in [-0.15, -0.1) is 11.3 Å². The summed E-state index contributed by atoms with van der Waals surface area (Å²) in [7, 11) is 0. The highest BCUT2D eigenvalue weighted by Crippen LogP contribution is 2.30. The van der Waals surface area contributed by atoms with Gasteiger partial charge in [-0.05, 0) is 25.0 Å². The van der Waals surface area contributed by atoms with Gasteiger partial charge < -0.3 is 10.0 Å². The first-order valence-corrected chi connectivity index (χ1v) is 8.08. The second kappa shape index (κ2) is 6.03. The molecule has 0 spiro atoms. The number of carboxylic acids is 1. The Bertz CT molecular complexity index is 633. The zero-order chi connectivity index (χ0) is 14.8. The molecule has 0 amide bonds. The Kier molecular flexibility index (Phi) is 4.12. The van der Waals surface area contributed by atoms with Crippen LogP contribution in [0.2, 0.25) is 5.02 Å². The van der Waals surface area contributed by atoms with Crippen LogP contribution in [0.5, 0.6) is 0 Å². The maximum absolute atomic E-state index is 11.0. The highest BCUT2D eigenvalue weighted by molar-refractivity contribution is 7.14. The van der Waals surface area contributed by atoms with Crippen molar-refractivity contribution in [3.63, 3.8) is 0 Å². The van der Waals surface area contributed by atoms with E-state index in [4.69, 9.17) is 16.7 Å². The van der Waals surface area contributed by atoms with Crippen molar-refractivity contribution in [2.24, 2.45) is 5.92 Å². The van der Waals surface area contributed by atoms with Crippen LogP contribution in [-0.4, -0.2) is 29.1 Å². The first-order valence-electron chi connectivity index (χ1n) is 6.83. The van der Waals surface area contributed by atoms with E-state index in [1.807, 2.05) is 29.6 Å². The molecular weight excluding hydrogens is 308 g/mol. The van der Waals surface area contributed by atoms with Gasteiger partial charge in [0.1, 0.15) is 0 Å². The van der Waals surface area contributed by atoms with Gasteiger partial charge in [-0.2, -0.15) is 0 Å². The Morgan fingerprint density at radius 2 is 1.95 bits per heavy atom. The van der Waals surface area contributed by atoms with Crippen LogP contribution in [0.4, 0.5) is 5.13 Å². The number of anilines is 1. The van der Waals surface area contributed by atoms with Gasteiger partial charge >= 0.3 is 5.97 Å². The lowest BCUT2D eigenvalue weighted by atomic mass is 9.98. The third-order valence-electron chi connectivity index (χ3n) is 3.75. The molecule has 4 nitrogen and oxygen atoms in total. The van der Waals surface area contributed by atoms with E-state index in [1.54, 1.807) is 11.3 Å². The van der Waals surface area contributed by atoms with Crippen LogP contribution >= 0.6 is 22.9 Å². The summed E-state index contributed by atoms with van der Waals surface area (Å²) >= 11 is 7.49. The lowest BCUT2D eigenvalue weighted by Gasteiger charge is -2.29. The second-order valence-electron chi connectivity index (χ2n) is 5.12. The van der Waals surface area contributed by atoms with Gasteiger partial charge in [-0.25, -0.2) is 4.98 Å². The van der Waals surface area contributed by atoms with Gasteiger partial charge in [0.2, 0.25) is 0 Å². The molecule has 0 unspecified atom stereocenters. The minimum absolute atomic E-state index is 0.211. The number of piperidine rings is 1. The van der Waals surface area contributed by atoms with Gasteiger partial charge in [-0.1, -0.05) is 23.7 Å². The van der Waals surface area contributed by atoms with Crippen molar-refractivity contribution < 1.29 is 9.90 Å². The molecule has 1 aliphatic rings. The van der Waals surface area contributed by atoms with Crippen LogP contribution in [0.1, 0.15) is 12.8 Å². The first-order chi connectivity index (χ1) is 10.1. The molecule has 1 saturated heterocycles. The molecule has 1 N–H and O–H groups in total. The minimum atomic E-state index is -0.685. The lowest BCUT2D eigenvalue weighted by Crippen LogP contribution is -2.36. The monoisotopic (exact) mass is 322 g/mol. The molecule has 2 heterocycles. The SMILES string of the molecule is O=C(O)C1CCN(c2nc(-c3ccc(Cl)cc3)cs2)CC1. The van der Waals surface area contributed by atoms with Crippen molar-refractivity contribution >= 4 is 34.0 Å². The summed E-state index contributed by atoms with van der Waals surface area (Å²) in [6, 6.07) is 7.62. The molecular formula is C15H15ClN2O2S. The molecule has 1 aromatic carbocycles. The summed E-state index contributed by atoms with van der Waals surface area (Å²) in [5.74, 6) is -0.896. The normalized spacial score (nSPS) is 16.1. The van der Waals surface area contributed by atoms with Crippen molar-refractivity contribution in [1.29, 1.82) is 0 Å². The largest absolute Gasteiger partial charge is 0.481 e. The molecule has 3 rings (SSSR count). The van der Waals surface area contributed by atoms with Gasteiger partial charge in [0.05, 0.1) is 11.6 Å². The maximum Gasteiger partial charge on any atom is 0.306 e. The summed E-state index contributed by atoms with van der Waals surface area (Å²) < 4.78 is 0. The molecule has 1 aromatic heterocycles. The fourth-order valence-corrected chi connectivity index (χ4v) is 3.49. The number of thiazole rings is 1. The van der Waals surface area contributed by atoms with E-state index in [1.165, 1.54) is 0 Å². The predicted octanol–water partition coefficient (Wildman–Crippen LogP) is 3.76. The van der Waals surface area contributed by atoms with Gasteiger partial charge in [-0.3, -0.25) is 4.79 Å². The molecule has 0 bridgehead atoms. The number of aromatic nitrogens is 1. The van der Waals surface area contributed by atoms with E-state index in [-0.39, 0.29) is 5.92 Å². The average molecular weight is 323 g/mol. The highest BCUT2D eigenvalue weighted by Gasteiger charge is 2.25. The van der Waals surface area contributed by atoms with Crippen LogP contribution in [-0.2, 0) is 4.79 Å². The number of carbonyl (C=O) groups is 1. The number of hydrogen-bond donors (Lipinski definition) is 1. The van der Waals surface area contributed by atoms with Crippen LogP contribution < -0.4 is 4.90 Å². The summed E-state index contributed by atoms with van der Waals surface area (Å²) in [6.07, 6.45) is 1.37. The molecule has 0 saturated carbocycles. The van der Waals surface area contributed by atoms with E-state index in [0.717, 1.165) is 29.5 Å². The minimum Gasteiger partial charge on any atom is -0.481 e. The molecule has 6 heteroatoms. The van der Waals surface area contributed by atoms with Crippen molar-refractivity contribution in [2.45, 2.75) is 12.8 Å². The Balaban J connectivity index is 1.71. The van der Waals surface area contributed by atoms with Crippen LogP contribution in [0.15, 0.2) is 29.6 Å². The molecule has 1 fully saturated rings. The molecule has 1 aliphatic heterocycles. The summed E-state index contributed by atoms with van der Waals surface area (Å²) in [5.41, 5.74) is 1.98. The standard InChI is InChI=1S/C15H15ClN2O2S/c16-12-3-1-10(2-4-12)13-9-21-15(17-13)18-7-5-11(6-8-18)14(19)20/h1-4,9,11H,5-8H2,(H,19,20). The summed E-state index contributed by atoms with van der Waals surface area (Å²) in [5, 5.41) is 12.7. The van der Waals surface area contributed by atoms with Crippen LogP contribution in [0, 0.1) is 5.92 Å². The molecule has 0 aliphatic carbocycles. The van der Waals surface area contributed by atoms with Crippen LogP contribution in [0.3, 0.4) is 0 Å². The number of carboxylic acid groups (broad SMARTS) is 1. The number of hydrogen-bond acceptors (Lipinski definition) is 4. The van der Waals surface area contributed by atoms with E-state index < -0.39 is 5.97 Å². The molecule has 0 radical (unpaired) electrons. The average Bonchev–Trinajstić information content (AvgIpc) is 2.98. The fourth-order valence-electron chi connectivity index (χ4n) is 2.48. The topological polar surface area (TPSA) is 53.4 Å². The van der Waals surface area contributed by atoms with Gasteiger partial charge in [0, 0.05) is 29.1 Å². The molecule has 0 atom stereocenters. The number of rotatable bonds is 3. The second-order valence-corrected chi connectivity index (χ2v) is 6.39. The molecule has 21 heavy (non-hydrogen) atoms. The summed E-state index contributed by atoms with van der Waals surface area (Å²) in [6.45, 7) is 1.51. The predicted molar refractivity (Wildman–Crippen MR) is 85.1 cm³/mol. The van der Waals surface area contributed by atoms with E-state index in [9.17, 15) is 4.79 Å². The quantitative estimate of drug-likeness (QED) is 0.934. The maximum atomic E-state index is 11.0. The van der Waals surface area contributed by atoms with Crippen molar-refractivity contribution in [3.05, 3.63) is 34.7 Å². The van der Waals surface area contributed by atoms with Gasteiger partial charge in [0.25, 0.3) is 0 Å². The Morgan fingerprint density at radius 1 is 1.29 bits per heavy atom. The van der Waals surface area contributed by atoms with Gasteiger partial charge in [0.15, 0.2) is 5.13 Å². The number of benzene rings is 1. The summed E-state index contributed by atoms with van der Waals surface area (Å²) in [4.78, 5) is 17.8. The first kappa shape index (κ1) is 14.4.